The number of hydrogen-bond donors (Lipinski definition) is 2. The van der Waals surface area contributed by atoms with Crippen LogP contribution in [-0.4, -0.2) is 50.2 Å². The minimum Gasteiger partial charge on any atom is -0.493 e. The van der Waals surface area contributed by atoms with Crippen molar-refractivity contribution in [2.45, 2.75) is 32.1 Å². The van der Waals surface area contributed by atoms with E-state index in [2.05, 4.69) is 15.3 Å². The highest BCUT2D eigenvalue weighted by molar-refractivity contribution is 5.91. The number of carbonyl (C=O) groups excluding carboxylic acids is 1. The summed E-state index contributed by atoms with van der Waals surface area (Å²) >= 11 is 0. The van der Waals surface area contributed by atoms with E-state index in [0.717, 1.165) is 37.5 Å². The molecule has 1 aromatic carbocycles. The minimum absolute atomic E-state index is 0.187. The highest BCUT2D eigenvalue weighted by atomic mass is 16.5. The number of anilines is 2. The Morgan fingerprint density at radius 2 is 1.89 bits per heavy atom. The Labute approximate surface area is 165 Å². The van der Waals surface area contributed by atoms with E-state index in [1.807, 2.05) is 11.9 Å². The van der Waals surface area contributed by atoms with Crippen LogP contribution in [0.25, 0.3) is 10.9 Å². The predicted molar refractivity (Wildman–Crippen MR) is 110 cm³/mol. The standard InChI is InChI=1S/C20H29N5O3/c1-25(10-6-9-22-19(26)13-7-4-5-8-13)20-23-15-12-17(28-3)16(27-2)11-14(15)18(21)24-20/h11-13H,4-10H2,1-3H3,(H,22,26)(H2,21,23,24). The molecule has 1 fully saturated rings. The lowest BCUT2D eigenvalue weighted by Gasteiger charge is -2.19. The molecule has 2 aromatic rings. The number of methoxy groups -OCH3 is 2. The first-order valence-electron chi connectivity index (χ1n) is 9.71. The molecule has 1 aliphatic carbocycles. The van der Waals surface area contributed by atoms with Crippen LogP contribution in [-0.2, 0) is 4.79 Å². The summed E-state index contributed by atoms with van der Waals surface area (Å²) in [6.45, 7) is 1.36. The SMILES string of the molecule is COc1cc2nc(N(C)CCCNC(=O)C3CCCC3)nc(N)c2cc1OC. The molecule has 3 N–H and O–H groups in total. The lowest BCUT2D eigenvalue weighted by molar-refractivity contribution is -0.124. The zero-order valence-corrected chi connectivity index (χ0v) is 16.8. The van der Waals surface area contributed by atoms with E-state index in [4.69, 9.17) is 15.2 Å². The van der Waals surface area contributed by atoms with Crippen molar-refractivity contribution in [3.63, 3.8) is 0 Å². The molecule has 0 saturated heterocycles. The fraction of sp³-hybridized carbons (Fsp3) is 0.550. The summed E-state index contributed by atoms with van der Waals surface area (Å²) in [7, 11) is 5.08. The number of rotatable bonds is 8. The zero-order chi connectivity index (χ0) is 20.1. The predicted octanol–water partition coefficient (Wildman–Crippen LogP) is 2.36. The van der Waals surface area contributed by atoms with E-state index < -0.39 is 0 Å². The van der Waals surface area contributed by atoms with Crippen molar-refractivity contribution in [2.24, 2.45) is 5.92 Å². The van der Waals surface area contributed by atoms with E-state index >= 15 is 0 Å². The van der Waals surface area contributed by atoms with Crippen LogP contribution >= 0.6 is 0 Å². The molecular formula is C20H29N5O3. The summed E-state index contributed by atoms with van der Waals surface area (Å²) in [4.78, 5) is 23.0. The van der Waals surface area contributed by atoms with E-state index in [-0.39, 0.29) is 11.8 Å². The Balaban J connectivity index is 1.62. The van der Waals surface area contributed by atoms with Gasteiger partial charge in [-0.15, -0.1) is 0 Å². The average molecular weight is 387 g/mol. The molecule has 0 spiro atoms. The van der Waals surface area contributed by atoms with Crippen LogP contribution in [0.15, 0.2) is 12.1 Å². The summed E-state index contributed by atoms with van der Waals surface area (Å²) < 4.78 is 10.7. The first-order chi connectivity index (χ1) is 13.5. The Morgan fingerprint density at radius 3 is 2.57 bits per heavy atom. The molecule has 8 heteroatoms. The molecule has 1 saturated carbocycles. The third kappa shape index (κ3) is 4.37. The average Bonchev–Trinajstić information content (AvgIpc) is 3.24. The number of nitrogen functional groups attached to an aromatic ring is 1. The van der Waals surface area contributed by atoms with Crippen molar-refractivity contribution in [3.05, 3.63) is 12.1 Å². The number of amides is 1. The third-order valence-electron chi connectivity index (χ3n) is 5.26. The number of ether oxygens (including phenoxy) is 2. The van der Waals surface area contributed by atoms with Crippen LogP contribution in [0.4, 0.5) is 11.8 Å². The molecule has 3 rings (SSSR count). The smallest absolute Gasteiger partial charge is 0.227 e. The number of nitrogens with zero attached hydrogens (tertiary/aromatic N) is 3. The van der Waals surface area contributed by atoms with Gasteiger partial charge in [-0.05, 0) is 25.3 Å². The van der Waals surface area contributed by atoms with Gasteiger partial charge in [0, 0.05) is 37.5 Å². The van der Waals surface area contributed by atoms with Crippen molar-refractivity contribution >= 4 is 28.6 Å². The summed E-state index contributed by atoms with van der Waals surface area (Å²) in [5.74, 6) is 2.50. The molecule has 1 aliphatic rings. The van der Waals surface area contributed by atoms with Gasteiger partial charge >= 0.3 is 0 Å². The van der Waals surface area contributed by atoms with Crippen LogP contribution < -0.4 is 25.4 Å². The molecule has 152 valence electrons. The third-order valence-corrected chi connectivity index (χ3v) is 5.26. The summed E-state index contributed by atoms with van der Waals surface area (Å²) in [5, 5.41) is 3.76. The summed E-state index contributed by atoms with van der Waals surface area (Å²) in [5.41, 5.74) is 6.84. The van der Waals surface area contributed by atoms with Gasteiger partial charge in [0.05, 0.1) is 19.7 Å². The molecule has 8 nitrogen and oxygen atoms in total. The number of aromatic nitrogens is 2. The molecule has 1 aromatic heterocycles. The van der Waals surface area contributed by atoms with Crippen molar-refractivity contribution in [1.29, 1.82) is 0 Å². The maximum Gasteiger partial charge on any atom is 0.227 e. The lowest BCUT2D eigenvalue weighted by Crippen LogP contribution is -2.32. The first kappa shape index (κ1) is 20.0. The van der Waals surface area contributed by atoms with Crippen LogP contribution in [0, 0.1) is 5.92 Å². The van der Waals surface area contributed by atoms with Crippen LogP contribution in [0.5, 0.6) is 11.5 Å². The number of hydrogen-bond acceptors (Lipinski definition) is 7. The van der Waals surface area contributed by atoms with E-state index in [1.165, 1.54) is 0 Å². The number of nitrogens with one attached hydrogen (secondary N) is 1. The number of benzene rings is 1. The second-order valence-corrected chi connectivity index (χ2v) is 7.18. The van der Waals surface area contributed by atoms with Gasteiger partial charge in [0.1, 0.15) is 5.82 Å². The monoisotopic (exact) mass is 387 g/mol. The van der Waals surface area contributed by atoms with E-state index in [1.54, 1.807) is 26.4 Å². The fourth-order valence-corrected chi connectivity index (χ4v) is 3.60. The van der Waals surface area contributed by atoms with E-state index in [0.29, 0.717) is 41.9 Å². The second-order valence-electron chi connectivity index (χ2n) is 7.18. The molecule has 0 aliphatic heterocycles. The van der Waals surface area contributed by atoms with Gasteiger partial charge in [-0.1, -0.05) is 12.8 Å². The highest BCUT2D eigenvalue weighted by Gasteiger charge is 2.22. The van der Waals surface area contributed by atoms with Crippen LogP contribution in [0.1, 0.15) is 32.1 Å². The Kier molecular flexibility index (Phi) is 6.38. The molecule has 1 amide bonds. The van der Waals surface area contributed by atoms with Gasteiger partial charge < -0.3 is 25.4 Å². The first-order valence-corrected chi connectivity index (χ1v) is 9.71. The molecule has 0 bridgehead atoms. The largest absolute Gasteiger partial charge is 0.493 e. The zero-order valence-electron chi connectivity index (χ0n) is 16.8. The van der Waals surface area contributed by atoms with Gasteiger partial charge in [-0.3, -0.25) is 4.79 Å². The van der Waals surface area contributed by atoms with Crippen molar-refractivity contribution in [3.8, 4) is 11.5 Å². The molecule has 1 heterocycles. The topological polar surface area (TPSA) is 103 Å². The van der Waals surface area contributed by atoms with Crippen molar-refractivity contribution in [2.75, 3.05) is 45.0 Å². The molecular weight excluding hydrogens is 358 g/mol. The Morgan fingerprint density at radius 1 is 1.21 bits per heavy atom. The quantitative estimate of drug-likeness (QED) is 0.670. The van der Waals surface area contributed by atoms with Gasteiger partial charge in [0.25, 0.3) is 0 Å². The fourth-order valence-electron chi connectivity index (χ4n) is 3.60. The number of nitrogens with two attached hydrogens (primary N) is 1. The van der Waals surface area contributed by atoms with Gasteiger partial charge in [-0.2, -0.15) is 4.98 Å². The van der Waals surface area contributed by atoms with Gasteiger partial charge in [0.2, 0.25) is 11.9 Å². The minimum atomic E-state index is 0.187. The lowest BCUT2D eigenvalue weighted by atomic mass is 10.1. The maximum absolute atomic E-state index is 12.1. The van der Waals surface area contributed by atoms with Crippen LogP contribution in [0.2, 0.25) is 0 Å². The van der Waals surface area contributed by atoms with Gasteiger partial charge in [0.15, 0.2) is 11.5 Å². The summed E-state index contributed by atoms with van der Waals surface area (Å²) in [6.07, 6.45) is 5.17. The molecule has 0 atom stereocenters. The van der Waals surface area contributed by atoms with E-state index in [9.17, 15) is 4.79 Å². The van der Waals surface area contributed by atoms with Crippen molar-refractivity contribution in [1.82, 2.24) is 15.3 Å². The maximum atomic E-state index is 12.1. The Bertz CT molecular complexity index is 836. The Hall–Kier alpha value is -2.77. The highest BCUT2D eigenvalue weighted by Crippen LogP contribution is 2.34. The molecule has 0 unspecified atom stereocenters. The molecule has 0 radical (unpaired) electrons. The van der Waals surface area contributed by atoms with Gasteiger partial charge in [-0.25, -0.2) is 4.98 Å². The van der Waals surface area contributed by atoms with Crippen molar-refractivity contribution < 1.29 is 14.3 Å². The van der Waals surface area contributed by atoms with Crippen LogP contribution in [0.3, 0.4) is 0 Å². The molecule has 28 heavy (non-hydrogen) atoms. The summed E-state index contributed by atoms with van der Waals surface area (Å²) in [6, 6.07) is 3.58. The number of fused-ring (bicyclic) bond motifs is 1. The second kappa shape index (κ2) is 8.95. The normalized spacial score (nSPS) is 14.2. The number of carbonyl (C=O) groups is 1.